The predicted octanol–water partition coefficient (Wildman–Crippen LogP) is 2.81. The quantitative estimate of drug-likeness (QED) is 0.927. The molecule has 2 aromatic rings. The Morgan fingerprint density at radius 2 is 2.17 bits per heavy atom. The van der Waals surface area contributed by atoms with Gasteiger partial charge in [-0.1, -0.05) is 18.2 Å². The molecule has 1 saturated carbocycles. The minimum Gasteiger partial charge on any atom is -0.496 e. The molecule has 1 fully saturated rings. The van der Waals surface area contributed by atoms with E-state index in [-0.39, 0.29) is 5.91 Å². The zero-order valence-electron chi connectivity index (χ0n) is 14.0. The number of amides is 1. The molecule has 1 aliphatic heterocycles. The summed E-state index contributed by atoms with van der Waals surface area (Å²) in [7, 11) is 3.76. The van der Waals surface area contributed by atoms with Gasteiger partial charge in [0.05, 0.1) is 18.2 Å². The van der Waals surface area contributed by atoms with Crippen LogP contribution >= 0.6 is 11.3 Å². The Morgan fingerprint density at radius 3 is 2.92 bits per heavy atom. The molecule has 2 aliphatic rings. The molecule has 4 rings (SSSR count). The van der Waals surface area contributed by atoms with Crippen LogP contribution in [-0.4, -0.2) is 36.5 Å². The standard InChI is InChI=1S/C18H21N3O2S/c1-21-10-7-13-15(11-21)24-17(19-13)20-16(22)18(8-9-18)12-5-3-4-6-14(12)23-2/h3-6H,7-11H2,1-2H3,(H,19,20,22). The van der Waals surface area contributed by atoms with Gasteiger partial charge in [-0.2, -0.15) is 0 Å². The van der Waals surface area contributed by atoms with E-state index in [1.54, 1.807) is 18.4 Å². The van der Waals surface area contributed by atoms with Gasteiger partial charge in [0, 0.05) is 30.0 Å². The monoisotopic (exact) mass is 343 g/mol. The lowest BCUT2D eigenvalue weighted by molar-refractivity contribution is -0.118. The fraction of sp³-hybridized carbons (Fsp3) is 0.444. The van der Waals surface area contributed by atoms with Crippen molar-refractivity contribution in [2.45, 2.75) is 31.2 Å². The van der Waals surface area contributed by atoms with E-state index in [9.17, 15) is 4.79 Å². The summed E-state index contributed by atoms with van der Waals surface area (Å²) in [5.41, 5.74) is 1.65. The highest BCUT2D eigenvalue weighted by Gasteiger charge is 2.53. The molecule has 0 spiro atoms. The molecule has 1 aromatic heterocycles. The van der Waals surface area contributed by atoms with Gasteiger partial charge in [-0.05, 0) is 26.0 Å². The number of nitrogens with one attached hydrogen (secondary N) is 1. The van der Waals surface area contributed by atoms with Crippen molar-refractivity contribution in [1.82, 2.24) is 9.88 Å². The van der Waals surface area contributed by atoms with Crippen molar-refractivity contribution >= 4 is 22.4 Å². The second kappa shape index (κ2) is 5.86. The van der Waals surface area contributed by atoms with Gasteiger partial charge in [-0.15, -0.1) is 11.3 Å². The average Bonchev–Trinajstić information content (AvgIpc) is 3.30. The highest BCUT2D eigenvalue weighted by atomic mass is 32.1. The van der Waals surface area contributed by atoms with Crippen LogP contribution in [0.5, 0.6) is 5.75 Å². The zero-order valence-corrected chi connectivity index (χ0v) is 14.8. The average molecular weight is 343 g/mol. The number of fused-ring (bicyclic) bond motifs is 1. The number of hydrogen-bond donors (Lipinski definition) is 1. The lowest BCUT2D eigenvalue weighted by atomic mass is 9.94. The van der Waals surface area contributed by atoms with Crippen LogP contribution in [0.25, 0.3) is 0 Å². The molecule has 1 aliphatic carbocycles. The molecule has 5 nitrogen and oxygen atoms in total. The summed E-state index contributed by atoms with van der Waals surface area (Å²) in [5.74, 6) is 0.816. The highest BCUT2D eigenvalue weighted by molar-refractivity contribution is 7.15. The summed E-state index contributed by atoms with van der Waals surface area (Å²) >= 11 is 1.60. The number of rotatable bonds is 4. The van der Waals surface area contributed by atoms with Crippen LogP contribution in [0.15, 0.2) is 24.3 Å². The number of aromatic nitrogens is 1. The van der Waals surface area contributed by atoms with Gasteiger partial charge in [0.25, 0.3) is 0 Å². The maximum absolute atomic E-state index is 12.9. The Labute approximate surface area is 145 Å². The Balaban J connectivity index is 1.56. The first-order valence-corrected chi connectivity index (χ1v) is 9.06. The molecule has 2 heterocycles. The van der Waals surface area contributed by atoms with Crippen LogP contribution in [0.4, 0.5) is 5.13 Å². The second-order valence-electron chi connectivity index (χ2n) is 6.61. The van der Waals surface area contributed by atoms with E-state index >= 15 is 0 Å². The molecule has 0 saturated heterocycles. The second-order valence-corrected chi connectivity index (χ2v) is 7.70. The molecule has 0 radical (unpaired) electrons. The highest BCUT2D eigenvalue weighted by Crippen LogP contribution is 2.52. The SMILES string of the molecule is COc1ccccc1C1(C(=O)Nc2nc3c(s2)CN(C)CC3)CC1. The van der Waals surface area contributed by atoms with Crippen molar-refractivity contribution in [2.24, 2.45) is 0 Å². The first-order valence-electron chi connectivity index (χ1n) is 8.24. The summed E-state index contributed by atoms with van der Waals surface area (Å²) < 4.78 is 5.45. The van der Waals surface area contributed by atoms with Crippen LogP contribution in [0.1, 0.15) is 29.0 Å². The molecule has 24 heavy (non-hydrogen) atoms. The minimum atomic E-state index is -0.463. The largest absolute Gasteiger partial charge is 0.496 e. The maximum Gasteiger partial charge on any atom is 0.236 e. The van der Waals surface area contributed by atoms with E-state index < -0.39 is 5.41 Å². The number of benzene rings is 1. The van der Waals surface area contributed by atoms with E-state index in [0.717, 1.165) is 54.5 Å². The van der Waals surface area contributed by atoms with E-state index in [1.807, 2.05) is 24.3 Å². The van der Waals surface area contributed by atoms with Crippen molar-refractivity contribution in [2.75, 3.05) is 26.0 Å². The number of thiazole rings is 1. The third kappa shape index (κ3) is 2.59. The van der Waals surface area contributed by atoms with Crippen molar-refractivity contribution < 1.29 is 9.53 Å². The van der Waals surface area contributed by atoms with Gasteiger partial charge >= 0.3 is 0 Å². The first-order chi connectivity index (χ1) is 11.6. The van der Waals surface area contributed by atoms with Crippen LogP contribution in [0, 0.1) is 0 Å². The van der Waals surface area contributed by atoms with Gasteiger partial charge in [0.15, 0.2) is 5.13 Å². The van der Waals surface area contributed by atoms with Gasteiger partial charge in [-0.25, -0.2) is 4.98 Å². The number of likely N-dealkylation sites (N-methyl/N-ethyl adjacent to an activating group) is 1. The minimum absolute atomic E-state index is 0.0338. The molecule has 6 heteroatoms. The number of nitrogens with zero attached hydrogens (tertiary/aromatic N) is 2. The van der Waals surface area contributed by atoms with Crippen LogP contribution in [0.3, 0.4) is 0 Å². The Morgan fingerprint density at radius 1 is 1.38 bits per heavy atom. The summed E-state index contributed by atoms with van der Waals surface area (Å²) in [6.45, 7) is 1.94. The summed E-state index contributed by atoms with van der Waals surface area (Å²) in [5, 5.41) is 3.78. The summed E-state index contributed by atoms with van der Waals surface area (Å²) in [6.07, 6.45) is 2.66. The third-order valence-corrected chi connectivity index (χ3v) is 5.95. The molecule has 1 amide bonds. The molecular formula is C18H21N3O2S. The smallest absolute Gasteiger partial charge is 0.236 e. The van der Waals surface area contributed by atoms with Gasteiger partial charge < -0.3 is 15.0 Å². The van der Waals surface area contributed by atoms with E-state index in [0.29, 0.717) is 0 Å². The number of methoxy groups -OCH3 is 1. The lowest BCUT2D eigenvalue weighted by Gasteiger charge is -2.20. The lowest BCUT2D eigenvalue weighted by Crippen LogP contribution is -2.28. The summed E-state index contributed by atoms with van der Waals surface area (Å²) in [4.78, 5) is 21.1. The Bertz CT molecular complexity index is 782. The molecule has 1 aromatic carbocycles. The Hall–Kier alpha value is -1.92. The molecule has 0 atom stereocenters. The number of hydrogen-bond acceptors (Lipinski definition) is 5. The fourth-order valence-corrected chi connectivity index (χ4v) is 4.46. The van der Waals surface area contributed by atoms with E-state index in [4.69, 9.17) is 4.74 Å². The first kappa shape index (κ1) is 15.6. The molecular weight excluding hydrogens is 322 g/mol. The Kier molecular flexibility index (Phi) is 3.81. The molecule has 1 N–H and O–H groups in total. The fourth-order valence-electron chi connectivity index (χ4n) is 3.38. The van der Waals surface area contributed by atoms with Gasteiger partial charge in [0.1, 0.15) is 5.75 Å². The van der Waals surface area contributed by atoms with Crippen LogP contribution in [0.2, 0.25) is 0 Å². The normalized spacial score (nSPS) is 18.8. The van der Waals surface area contributed by atoms with Crippen molar-refractivity contribution in [1.29, 1.82) is 0 Å². The number of anilines is 1. The van der Waals surface area contributed by atoms with Crippen LogP contribution in [-0.2, 0) is 23.2 Å². The van der Waals surface area contributed by atoms with E-state index in [2.05, 4.69) is 22.2 Å². The number of carbonyl (C=O) groups excluding carboxylic acids is 1. The topological polar surface area (TPSA) is 54.5 Å². The zero-order chi connectivity index (χ0) is 16.7. The van der Waals surface area contributed by atoms with Gasteiger partial charge in [0.2, 0.25) is 5.91 Å². The van der Waals surface area contributed by atoms with Crippen molar-refractivity contribution in [3.05, 3.63) is 40.4 Å². The predicted molar refractivity (Wildman–Crippen MR) is 94.7 cm³/mol. The summed E-state index contributed by atoms with van der Waals surface area (Å²) in [6, 6.07) is 7.80. The van der Waals surface area contributed by atoms with Crippen LogP contribution < -0.4 is 10.1 Å². The maximum atomic E-state index is 12.9. The number of carbonyl (C=O) groups is 1. The van der Waals surface area contributed by atoms with E-state index in [1.165, 1.54) is 4.88 Å². The number of ether oxygens (including phenoxy) is 1. The van der Waals surface area contributed by atoms with Gasteiger partial charge in [-0.3, -0.25) is 4.79 Å². The van der Waals surface area contributed by atoms with Crippen molar-refractivity contribution in [3.8, 4) is 5.75 Å². The molecule has 126 valence electrons. The number of para-hydroxylation sites is 1. The van der Waals surface area contributed by atoms with Crippen molar-refractivity contribution in [3.63, 3.8) is 0 Å². The molecule has 0 bridgehead atoms. The third-order valence-electron chi connectivity index (χ3n) is 4.95. The molecule has 0 unspecified atom stereocenters.